The molecule has 0 radical (unpaired) electrons. The fourth-order valence-corrected chi connectivity index (χ4v) is 3.94. The normalized spacial score (nSPS) is 23.1. The highest BCUT2D eigenvalue weighted by molar-refractivity contribution is 6.32. The monoisotopic (exact) mass is 302 g/mol. The van der Waals surface area contributed by atoms with E-state index in [4.69, 9.17) is 11.6 Å². The molecule has 2 aromatic carbocycles. The minimum Gasteiger partial charge on any atom is -0.508 e. The summed E-state index contributed by atoms with van der Waals surface area (Å²) in [5.74, 6) is 0.491. The second-order valence-corrected chi connectivity index (χ2v) is 6.45. The zero-order chi connectivity index (χ0) is 14.6. The van der Waals surface area contributed by atoms with Gasteiger partial charge in [-0.1, -0.05) is 11.6 Å². The van der Waals surface area contributed by atoms with Gasteiger partial charge in [0.15, 0.2) is 0 Å². The van der Waals surface area contributed by atoms with Gasteiger partial charge in [0, 0.05) is 24.0 Å². The van der Waals surface area contributed by atoms with Crippen LogP contribution in [0.25, 0.3) is 0 Å². The zero-order valence-electron chi connectivity index (χ0n) is 11.6. The van der Waals surface area contributed by atoms with E-state index >= 15 is 0 Å². The molecule has 0 saturated carbocycles. The van der Waals surface area contributed by atoms with Crippen molar-refractivity contribution in [2.75, 3.05) is 6.54 Å². The number of rotatable bonds is 0. The van der Waals surface area contributed by atoms with E-state index in [9.17, 15) is 10.2 Å². The van der Waals surface area contributed by atoms with Gasteiger partial charge in [0.2, 0.25) is 0 Å². The van der Waals surface area contributed by atoms with Crippen LogP contribution in [0, 0.1) is 0 Å². The molecule has 0 fully saturated rings. The lowest BCUT2D eigenvalue weighted by Crippen LogP contribution is -3.13. The summed E-state index contributed by atoms with van der Waals surface area (Å²) < 4.78 is 0. The third-order valence-corrected chi connectivity index (χ3v) is 5.13. The Bertz CT molecular complexity index is 729. The predicted octanol–water partition coefficient (Wildman–Crippen LogP) is 1.99. The van der Waals surface area contributed by atoms with E-state index < -0.39 is 0 Å². The summed E-state index contributed by atoms with van der Waals surface area (Å²) in [6, 6.07) is 9.74. The summed E-state index contributed by atoms with van der Waals surface area (Å²) >= 11 is 6.03. The van der Waals surface area contributed by atoms with Gasteiger partial charge in [-0.25, -0.2) is 0 Å². The van der Waals surface area contributed by atoms with Crippen LogP contribution in [-0.2, 0) is 19.4 Å². The minimum atomic E-state index is 0.165. The van der Waals surface area contributed by atoms with Crippen LogP contribution in [0.4, 0.5) is 0 Å². The number of benzene rings is 2. The average molecular weight is 303 g/mol. The van der Waals surface area contributed by atoms with Gasteiger partial charge >= 0.3 is 0 Å². The molecule has 2 aliphatic rings. The van der Waals surface area contributed by atoms with Crippen molar-refractivity contribution in [2.45, 2.75) is 25.4 Å². The summed E-state index contributed by atoms with van der Waals surface area (Å²) in [4.78, 5) is 1.53. The smallest absolute Gasteiger partial charge is 0.134 e. The topological polar surface area (TPSA) is 44.9 Å². The first-order chi connectivity index (χ1) is 10.1. The number of hydrogen-bond acceptors (Lipinski definition) is 2. The van der Waals surface area contributed by atoms with Crippen molar-refractivity contribution in [3.8, 4) is 11.5 Å². The van der Waals surface area contributed by atoms with Gasteiger partial charge in [-0.05, 0) is 41.5 Å². The number of fused-ring (bicyclic) bond motifs is 4. The molecule has 0 amide bonds. The molecule has 0 bridgehead atoms. The van der Waals surface area contributed by atoms with Crippen LogP contribution in [0.5, 0.6) is 11.5 Å². The highest BCUT2D eigenvalue weighted by Gasteiger charge is 2.36. The van der Waals surface area contributed by atoms with Crippen molar-refractivity contribution in [3.63, 3.8) is 0 Å². The third-order valence-electron chi connectivity index (χ3n) is 4.82. The first kappa shape index (κ1) is 13.0. The van der Waals surface area contributed by atoms with E-state index in [0.717, 1.165) is 25.9 Å². The number of phenolic OH excluding ortho intramolecular Hbond substituents is 2. The highest BCUT2D eigenvalue weighted by Crippen LogP contribution is 2.34. The largest absolute Gasteiger partial charge is 0.508 e. The summed E-state index contributed by atoms with van der Waals surface area (Å²) in [6.07, 6.45) is 1.89. The molecule has 3 N–H and O–H groups in total. The standard InChI is InChI=1S/C17H16ClNO2/c18-15-6-10-3-4-19-9-11-1-2-13(20)5-12(11)7-16(19)14(10)8-17(15)21/h1-2,5-6,8,16,20-21H,3-4,7,9H2/p+1. The SMILES string of the molecule is Oc1ccc2c(c1)CC1c3cc(O)c(Cl)cc3CC[NH+]1C2. The van der Waals surface area contributed by atoms with Crippen molar-refractivity contribution in [1.82, 2.24) is 0 Å². The van der Waals surface area contributed by atoms with E-state index in [-0.39, 0.29) is 5.75 Å². The van der Waals surface area contributed by atoms with Crippen molar-refractivity contribution in [1.29, 1.82) is 0 Å². The maximum Gasteiger partial charge on any atom is 0.134 e. The second kappa shape index (κ2) is 4.65. The molecule has 4 rings (SSSR count). The Kier molecular flexibility index (Phi) is 2.88. The Hall–Kier alpha value is -1.71. The molecule has 2 aromatic rings. The first-order valence-corrected chi connectivity index (χ1v) is 7.66. The second-order valence-electron chi connectivity index (χ2n) is 6.05. The number of hydrogen-bond donors (Lipinski definition) is 3. The van der Waals surface area contributed by atoms with Crippen molar-refractivity contribution >= 4 is 11.6 Å². The predicted molar refractivity (Wildman–Crippen MR) is 80.9 cm³/mol. The number of phenols is 2. The minimum absolute atomic E-state index is 0.165. The summed E-state index contributed by atoms with van der Waals surface area (Å²) in [7, 11) is 0. The summed E-state index contributed by atoms with van der Waals surface area (Å²) in [5, 5.41) is 20.1. The Labute approximate surface area is 128 Å². The Morgan fingerprint density at radius 2 is 1.90 bits per heavy atom. The maximum absolute atomic E-state index is 9.92. The molecular weight excluding hydrogens is 286 g/mol. The number of nitrogens with one attached hydrogen (secondary N) is 1. The Balaban J connectivity index is 1.79. The average Bonchev–Trinajstić information content (AvgIpc) is 2.47. The molecule has 0 saturated heterocycles. The van der Waals surface area contributed by atoms with Crippen LogP contribution in [0.15, 0.2) is 30.3 Å². The Morgan fingerprint density at radius 1 is 1.05 bits per heavy atom. The lowest BCUT2D eigenvalue weighted by Gasteiger charge is -2.38. The van der Waals surface area contributed by atoms with Gasteiger partial charge < -0.3 is 15.1 Å². The number of quaternary nitrogens is 1. The molecule has 2 unspecified atom stereocenters. The van der Waals surface area contributed by atoms with E-state index in [1.807, 2.05) is 24.3 Å². The molecule has 2 heterocycles. The van der Waals surface area contributed by atoms with E-state index in [1.54, 1.807) is 6.07 Å². The zero-order valence-corrected chi connectivity index (χ0v) is 12.3. The fourth-order valence-electron chi connectivity index (χ4n) is 3.75. The van der Waals surface area contributed by atoms with Gasteiger partial charge in [-0.2, -0.15) is 0 Å². The van der Waals surface area contributed by atoms with Gasteiger partial charge in [-0.3, -0.25) is 0 Å². The molecule has 21 heavy (non-hydrogen) atoms. The van der Waals surface area contributed by atoms with E-state index in [0.29, 0.717) is 16.8 Å². The van der Waals surface area contributed by atoms with Crippen LogP contribution < -0.4 is 4.90 Å². The molecule has 0 spiro atoms. The van der Waals surface area contributed by atoms with Crippen LogP contribution in [0.2, 0.25) is 5.02 Å². The third kappa shape index (κ3) is 2.08. The summed E-state index contributed by atoms with van der Waals surface area (Å²) in [5.41, 5.74) is 4.98. The molecule has 2 atom stereocenters. The van der Waals surface area contributed by atoms with E-state index in [1.165, 1.54) is 27.2 Å². The van der Waals surface area contributed by atoms with Crippen molar-refractivity contribution in [2.24, 2.45) is 0 Å². The first-order valence-electron chi connectivity index (χ1n) is 7.28. The molecule has 2 aliphatic heterocycles. The lowest BCUT2D eigenvalue weighted by atomic mass is 9.84. The maximum atomic E-state index is 9.92. The van der Waals surface area contributed by atoms with E-state index in [2.05, 4.69) is 0 Å². The highest BCUT2D eigenvalue weighted by atomic mass is 35.5. The summed E-state index contributed by atoms with van der Waals surface area (Å²) in [6.45, 7) is 2.06. The van der Waals surface area contributed by atoms with Crippen LogP contribution >= 0.6 is 11.6 Å². The molecule has 108 valence electrons. The molecule has 4 heteroatoms. The van der Waals surface area contributed by atoms with Gasteiger partial charge in [0.25, 0.3) is 0 Å². The molecule has 0 aromatic heterocycles. The van der Waals surface area contributed by atoms with Crippen LogP contribution in [0.3, 0.4) is 0 Å². The van der Waals surface area contributed by atoms with Crippen LogP contribution in [0.1, 0.15) is 28.3 Å². The van der Waals surface area contributed by atoms with Crippen LogP contribution in [-0.4, -0.2) is 16.8 Å². The van der Waals surface area contributed by atoms with Crippen molar-refractivity contribution in [3.05, 3.63) is 57.6 Å². The number of aromatic hydroxyl groups is 2. The van der Waals surface area contributed by atoms with Gasteiger partial charge in [0.05, 0.1) is 11.6 Å². The molecular formula is C17H17ClNO2+. The molecule has 3 nitrogen and oxygen atoms in total. The van der Waals surface area contributed by atoms with Gasteiger partial charge in [0.1, 0.15) is 24.1 Å². The van der Waals surface area contributed by atoms with Crippen molar-refractivity contribution < 1.29 is 15.1 Å². The lowest BCUT2D eigenvalue weighted by molar-refractivity contribution is -0.949. The fraction of sp³-hybridized carbons (Fsp3) is 0.294. The van der Waals surface area contributed by atoms with Gasteiger partial charge in [-0.15, -0.1) is 0 Å². The number of halogens is 1. The Morgan fingerprint density at radius 3 is 2.76 bits per heavy atom. The molecule has 0 aliphatic carbocycles. The quantitative estimate of drug-likeness (QED) is 0.697.